The standard InChI is InChI=1S/C23H21FN4O4/c1-14-4-5-17(23-15(2)26-32-16(23)3)10-21(14)28(31-12-22(29)30)18-6-7-20(19(24)11-18)27-9-8-25-13-27/h4-11,13H,12H2,1-3H3,(H,29,30). The molecule has 2 heterocycles. The van der Waals surface area contributed by atoms with Crippen LogP contribution in [-0.4, -0.2) is 32.4 Å². The van der Waals surface area contributed by atoms with Crippen molar-refractivity contribution < 1.29 is 23.7 Å². The minimum absolute atomic E-state index is 0.311. The second-order valence-corrected chi connectivity index (χ2v) is 7.27. The number of carbonyl (C=O) groups is 1. The van der Waals surface area contributed by atoms with Crippen molar-refractivity contribution in [2.75, 3.05) is 11.7 Å². The largest absolute Gasteiger partial charge is 0.479 e. The highest BCUT2D eigenvalue weighted by Crippen LogP contribution is 2.36. The van der Waals surface area contributed by atoms with Crippen molar-refractivity contribution in [1.82, 2.24) is 14.7 Å². The number of hydrogen-bond donors (Lipinski definition) is 1. The molecule has 8 nitrogen and oxygen atoms in total. The monoisotopic (exact) mass is 436 g/mol. The van der Waals surface area contributed by atoms with Gasteiger partial charge in [0.15, 0.2) is 6.61 Å². The first-order valence-corrected chi connectivity index (χ1v) is 9.81. The fraction of sp³-hybridized carbons (Fsp3) is 0.174. The number of aromatic nitrogens is 3. The molecule has 0 saturated heterocycles. The van der Waals surface area contributed by atoms with Gasteiger partial charge in [0, 0.05) is 24.0 Å². The van der Waals surface area contributed by atoms with Crippen LogP contribution in [0.15, 0.2) is 59.6 Å². The Morgan fingerprint density at radius 1 is 1.22 bits per heavy atom. The Morgan fingerprint density at radius 2 is 2.03 bits per heavy atom. The topological polar surface area (TPSA) is 93.6 Å². The molecule has 0 bridgehead atoms. The number of carboxylic acids is 1. The zero-order valence-corrected chi connectivity index (χ0v) is 17.7. The van der Waals surface area contributed by atoms with E-state index in [4.69, 9.17) is 9.36 Å². The average Bonchev–Trinajstić information content (AvgIpc) is 3.39. The summed E-state index contributed by atoms with van der Waals surface area (Å²) >= 11 is 0. The third-order valence-corrected chi connectivity index (χ3v) is 5.02. The Labute approximate surface area is 183 Å². The molecule has 0 unspecified atom stereocenters. The first-order valence-electron chi connectivity index (χ1n) is 9.81. The van der Waals surface area contributed by atoms with Gasteiger partial charge in [-0.05, 0) is 50.1 Å². The maximum atomic E-state index is 14.9. The van der Waals surface area contributed by atoms with E-state index in [9.17, 15) is 14.3 Å². The van der Waals surface area contributed by atoms with E-state index in [1.807, 2.05) is 39.0 Å². The second-order valence-electron chi connectivity index (χ2n) is 7.27. The summed E-state index contributed by atoms with van der Waals surface area (Å²) in [5.74, 6) is -1.000. The van der Waals surface area contributed by atoms with E-state index in [1.54, 1.807) is 29.1 Å². The Bertz CT molecular complexity index is 1250. The van der Waals surface area contributed by atoms with Gasteiger partial charge >= 0.3 is 5.97 Å². The predicted octanol–water partition coefficient (Wildman–Crippen LogP) is 4.75. The molecule has 164 valence electrons. The summed E-state index contributed by atoms with van der Waals surface area (Å²) < 4.78 is 21.8. The normalized spacial score (nSPS) is 11.0. The fourth-order valence-electron chi connectivity index (χ4n) is 3.51. The van der Waals surface area contributed by atoms with E-state index in [1.165, 1.54) is 17.5 Å². The summed E-state index contributed by atoms with van der Waals surface area (Å²) in [5.41, 5.74) is 4.42. The molecule has 0 aliphatic rings. The number of rotatable bonds is 7. The molecule has 0 spiro atoms. The summed E-state index contributed by atoms with van der Waals surface area (Å²) in [7, 11) is 0. The Balaban J connectivity index is 1.80. The van der Waals surface area contributed by atoms with Crippen molar-refractivity contribution >= 4 is 17.3 Å². The van der Waals surface area contributed by atoms with E-state index in [0.29, 0.717) is 22.8 Å². The van der Waals surface area contributed by atoms with E-state index >= 15 is 0 Å². The summed E-state index contributed by atoms with van der Waals surface area (Å²) in [6.45, 7) is 4.92. The van der Waals surface area contributed by atoms with Gasteiger partial charge in [0.1, 0.15) is 11.6 Å². The van der Waals surface area contributed by atoms with Crippen molar-refractivity contribution in [1.29, 1.82) is 0 Å². The average molecular weight is 436 g/mol. The van der Waals surface area contributed by atoms with Crippen LogP contribution in [0.1, 0.15) is 17.0 Å². The first-order chi connectivity index (χ1) is 15.3. The zero-order valence-electron chi connectivity index (χ0n) is 17.7. The molecule has 0 fully saturated rings. The summed E-state index contributed by atoms with van der Waals surface area (Å²) in [5, 5.41) is 14.5. The van der Waals surface area contributed by atoms with Crippen molar-refractivity contribution in [3.63, 3.8) is 0 Å². The quantitative estimate of drug-likeness (QED) is 0.418. The fourth-order valence-corrected chi connectivity index (χ4v) is 3.51. The number of aliphatic carboxylic acids is 1. The number of carboxylic acid groups (broad SMARTS) is 1. The van der Waals surface area contributed by atoms with Gasteiger partial charge in [-0.15, -0.1) is 0 Å². The first kappa shape index (κ1) is 21.3. The lowest BCUT2D eigenvalue weighted by Gasteiger charge is -2.26. The molecule has 1 N–H and O–H groups in total. The van der Waals surface area contributed by atoms with Gasteiger partial charge in [0.25, 0.3) is 0 Å². The number of anilines is 2. The number of halogens is 1. The number of nitrogens with zero attached hydrogens (tertiary/aromatic N) is 4. The predicted molar refractivity (Wildman–Crippen MR) is 115 cm³/mol. The second kappa shape index (κ2) is 8.64. The molecule has 0 saturated carbocycles. The molecule has 2 aromatic heterocycles. The van der Waals surface area contributed by atoms with Crippen molar-refractivity contribution in [3.8, 4) is 16.8 Å². The van der Waals surface area contributed by atoms with Crippen LogP contribution in [0.3, 0.4) is 0 Å². The number of benzene rings is 2. The SMILES string of the molecule is Cc1ccc(-c2c(C)noc2C)cc1N(OCC(=O)O)c1ccc(-n2ccnc2)c(F)c1. The minimum Gasteiger partial charge on any atom is -0.479 e. The Hall–Kier alpha value is -3.98. The molecule has 4 aromatic rings. The van der Waals surface area contributed by atoms with Crippen LogP contribution in [0, 0.1) is 26.6 Å². The Morgan fingerprint density at radius 3 is 2.66 bits per heavy atom. The number of imidazole rings is 1. The molecular weight excluding hydrogens is 415 g/mol. The number of hydrogen-bond acceptors (Lipinski definition) is 6. The highest BCUT2D eigenvalue weighted by atomic mass is 19.1. The smallest absolute Gasteiger partial charge is 0.332 e. The van der Waals surface area contributed by atoms with Crippen LogP contribution in [0.25, 0.3) is 16.8 Å². The highest BCUT2D eigenvalue weighted by Gasteiger charge is 2.20. The van der Waals surface area contributed by atoms with Crippen LogP contribution >= 0.6 is 0 Å². The van der Waals surface area contributed by atoms with Gasteiger partial charge in [-0.2, -0.15) is 0 Å². The molecule has 32 heavy (non-hydrogen) atoms. The lowest BCUT2D eigenvalue weighted by atomic mass is 10.0. The molecule has 0 amide bonds. The maximum Gasteiger partial charge on any atom is 0.332 e. The van der Waals surface area contributed by atoms with Gasteiger partial charge in [-0.1, -0.05) is 17.3 Å². The molecule has 9 heteroatoms. The molecule has 0 atom stereocenters. The van der Waals surface area contributed by atoms with Crippen molar-refractivity contribution in [3.05, 3.63) is 78.0 Å². The lowest BCUT2D eigenvalue weighted by molar-refractivity contribution is -0.142. The van der Waals surface area contributed by atoms with Crippen LogP contribution in [0.5, 0.6) is 0 Å². The van der Waals surface area contributed by atoms with Gasteiger partial charge in [0.2, 0.25) is 0 Å². The van der Waals surface area contributed by atoms with E-state index in [2.05, 4.69) is 10.1 Å². The van der Waals surface area contributed by atoms with E-state index < -0.39 is 18.4 Å². The van der Waals surface area contributed by atoms with Gasteiger partial charge < -0.3 is 14.2 Å². The van der Waals surface area contributed by atoms with Crippen LogP contribution in [0.4, 0.5) is 15.8 Å². The van der Waals surface area contributed by atoms with Crippen LogP contribution in [-0.2, 0) is 9.63 Å². The molecule has 2 aromatic carbocycles. The van der Waals surface area contributed by atoms with Gasteiger partial charge in [0.05, 0.1) is 29.1 Å². The third kappa shape index (κ3) is 4.10. The molecule has 0 aliphatic carbocycles. The number of aryl methyl sites for hydroxylation is 3. The zero-order chi connectivity index (χ0) is 22.8. The lowest BCUT2D eigenvalue weighted by Crippen LogP contribution is -2.23. The van der Waals surface area contributed by atoms with Crippen LogP contribution in [0.2, 0.25) is 0 Å². The molecule has 4 rings (SSSR count). The highest BCUT2D eigenvalue weighted by molar-refractivity contribution is 5.76. The van der Waals surface area contributed by atoms with E-state index in [0.717, 1.165) is 22.4 Å². The minimum atomic E-state index is -1.15. The molecule has 0 aliphatic heterocycles. The van der Waals surface area contributed by atoms with Crippen molar-refractivity contribution in [2.45, 2.75) is 20.8 Å². The summed E-state index contributed by atoms with van der Waals surface area (Å²) in [6, 6.07) is 10.2. The summed E-state index contributed by atoms with van der Waals surface area (Å²) in [4.78, 5) is 20.7. The molecule has 0 radical (unpaired) electrons. The van der Waals surface area contributed by atoms with Gasteiger partial charge in [-0.25, -0.2) is 19.2 Å². The van der Waals surface area contributed by atoms with Crippen molar-refractivity contribution in [2.24, 2.45) is 0 Å². The maximum absolute atomic E-state index is 14.9. The van der Waals surface area contributed by atoms with Gasteiger partial charge in [-0.3, -0.25) is 4.84 Å². The van der Waals surface area contributed by atoms with E-state index in [-0.39, 0.29) is 0 Å². The summed E-state index contributed by atoms with van der Waals surface area (Å²) in [6.07, 6.45) is 4.68. The molecular formula is C23H21FN4O4. The third-order valence-electron chi connectivity index (χ3n) is 5.02. The Kier molecular flexibility index (Phi) is 5.74. The van der Waals surface area contributed by atoms with Crippen LogP contribution < -0.4 is 5.06 Å².